The fourth-order valence-corrected chi connectivity index (χ4v) is 2.16. The lowest BCUT2D eigenvalue weighted by atomic mass is 10.1. The van der Waals surface area contributed by atoms with Gasteiger partial charge in [-0.05, 0) is 12.1 Å². The Bertz CT molecular complexity index is 519. The van der Waals surface area contributed by atoms with Gasteiger partial charge in [0, 0.05) is 23.9 Å². The SMILES string of the molecule is CCC(=O)c1ccc(Sc2ncnn2C)cc1. The number of hydrogen-bond acceptors (Lipinski definition) is 4. The van der Waals surface area contributed by atoms with Gasteiger partial charge in [-0.3, -0.25) is 4.79 Å². The van der Waals surface area contributed by atoms with Crippen LogP contribution in [0.2, 0.25) is 0 Å². The number of nitrogens with zero attached hydrogens (tertiary/aromatic N) is 3. The van der Waals surface area contributed by atoms with Crippen LogP contribution in [0.3, 0.4) is 0 Å². The fraction of sp³-hybridized carbons (Fsp3) is 0.250. The van der Waals surface area contributed by atoms with Crippen molar-refractivity contribution in [2.75, 3.05) is 0 Å². The molecule has 0 radical (unpaired) electrons. The Kier molecular flexibility index (Phi) is 3.58. The molecule has 0 bridgehead atoms. The van der Waals surface area contributed by atoms with E-state index in [-0.39, 0.29) is 5.78 Å². The minimum atomic E-state index is 0.167. The third-order valence-electron chi connectivity index (χ3n) is 2.38. The lowest BCUT2D eigenvalue weighted by molar-refractivity contribution is 0.0988. The number of aryl methyl sites for hydroxylation is 1. The fourth-order valence-electron chi connectivity index (χ4n) is 1.40. The molecule has 0 aliphatic heterocycles. The third-order valence-corrected chi connectivity index (χ3v) is 3.44. The molecule has 1 heterocycles. The molecule has 17 heavy (non-hydrogen) atoms. The molecule has 0 saturated carbocycles. The van der Waals surface area contributed by atoms with Gasteiger partial charge in [0.05, 0.1) is 0 Å². The van der Waals surface area contributed by atoms with Gasteiger partial charge in [-0.2, -0.15) is 5.10 Å². The van der Waals surface area contributed by atoms with E-state index in [1.165, 1.54) is 18.1 Å². The summed E-state index contributed by atoms with van der Waals surface area (Å²) in [6, 6.07) is 7.57. The van der Waals surface area contributed by atoms with Crippen molar-refractivity contribution in [2.45, 2.75) is 23.4 Å². The Morgan fingerprint density at radius 1 is 1.35 bits per heavy atom. The zero-order valence-corrected chi connectivity index (χ0v) is 10.6. The van der Waals surface area contributed by atoms with Crippen molar-refractivity contribution < 1.29 is 4.79 Å². The van der Waals surface area contributed by atoms with E-state index in [4.69, 9.17) is 0 Å². The second-order valence-corrected chi connectivity index (χ2v) is 4.61. The van der Waals surface area contributed by atoms with Crippen molar-refractivity contribution in [2.24, 2.45) is 7.05 Å². The second kappa shape index (κ2) is 5.14. The molecule has 0 saturated heterocycles. The van der Waals surface area contributed by atoms with E-state index >= 15 is 0 Å². The van der Waals surface area contributed by atoms with Gasteiger partial charge >= 0.3 is 0 Å². The van der Waals surface area contributed by atoms with E-state index in [1.807, 2.05) is 38.2 Å². The van der Waals surface area contributed by atoms with Crippen molar-refractivity contribution >= 4 is 17.5 Å². The summed E-state index contributed by atoms with van der Waals surface area (Å²) < 4.78 is 1.72. The highest BCUT2D eigenvalue weighted by Crippen LogP contribution is 2.25. The normalized spacial score (nSPS) is 10.5. The lowest BCUT2D eigenvalue weighted by Gasteiger charge is -2.02. The molecule has 4 nitrogen and oxygen atoms in total. The molecule has 2 aromatic rings. The molecule has 0 aliphatic rings. The molecule has 1 aromatic heterocycles. The van der Waals surface area contributed by atoms with Crippen LogP contribution in [0.5, 0.6) is 0 Å². The minimum Gasteiger partial charge on any atom is -0.294 e. The van der Waals surface area contributed by atoms with Crippen LogP contribution in [0.25, 0.3) is 0 Å². The number of Topliss-reactive ketones (excluding diaryl/α,β-unsaturated/α-hetero) is 1. The first-order chi connectivity index (χ1) is 8.20. The number of aromatic nitrogens is 3. The lowest BCUT2D eigenvalue weighted by Crippen LogP contribution is -1.96. The summed E-state index contributed by atoms with van der Waals surface area (Å²) >= 11 is 1.53. The van der Waals surface area contributed by atoms with Crippen LogP contribution >= 0.6 is 11.8 Å². The summed E-state index contributed by atoms with van der Waals surface area (Å²) in [7, 11) is 1.85. The summed E-state index contributed by atoms with van der Waals surface area (Å²) in [6.45, 7) is 1.87. The molecule has 88 valence electrons. The van der Waals surface area contributed by atoms with Crippen molar-refractivity contribution in [3.8, 4) is 0 Å². The number of rotatable bonds is 4. The third kappa shape index (κ3) is 2.74. The summed E-state index contributed by atoms with van der Waals surface area (Å²) in [5.41, 5.74) is 0.759. The molecule has 0 unspecified atom stereocenters. The number of hydrogen-bond donors (Lipinski definition) is 0. The Labute approximate surface area is 104 Å². The average Bonchev–Trinajstić information content (AvgIpc) is 2.75. The number of carbonyl (C=O) groups excluding carboxylic acids is 1. The highest BCUT2D eigenvalue weighted by molar-refractivity contribution is 7.99. The summed E-state index contributed by atoms with van der Waals surface area (Å²) in [4.78, 5) is 16.6. The Morgan fingerprint density at radius 2 is 2.06 bits per heavy atom. The predicted octanol–water partition coefficient (Wildman–Crippen LogP) is 2.56. The van der Waals surface area contributed by atoms with Crippen LogP contribution in [0, 0.1) is 0 Å². The Hall–Kier alpha value is -1.62. The second-order valence-electron chi connectivity index (χ2n) is 3.57. The van der Waals surface area contributed by atoms with Crippen LogP contribution in [0.1, 0.15) is 23.7 Å². The van der Waals surface area contributed by atoms with Gasteiger partial charge in [0.25, 0.3) is 0 Å². The van der Waals surface area contributed by atoms with Crippen LogP contribution < -0.4 is 0 Å². The molecule has 2 rings (SSSR count). The first-order valence-corrected chi connectivity index (χ1v) is 6.17. The van der Waals surface area contributed by atoms with Crippen molar-refractivity contribution in [1.29, 1.82) is 0 Å². The summed E-state index contributed by atoms with van der Waals surface area (Å²) in [6.07, 6.45) is 2.06. The maximum Gasteiger partial charge on any atom is 0.190 e. The number of benzene rings is 1. The highest BCUT2D eigenvalue weighted by atomic mass is 32.2. The van der Waals surface area contributed by atoms with Gasteiger partial charge in [-0.1, -0.05) is 30.8 Å². The van der Waals surface area contributed by atoms with Gasteiger partial charge in [0.2, 0.25) is 0 Å². The molecule has 5 heteroatoms. The first-order valence-electron chi connectivity index (χ1n) is 5.36. The molecule has 1 aromatic carbocycles. The summed E-state index contributed by atoms with van der Waals surface area (Å²) in [5.74, 6) is 0.167. The topological polar surface area (TPSA) is 47.8 Å². The van der Waals surface area contributed by atoms with E-state index in [2.05, 4.69) is 10.1 Å². The molecular weight excluding hydrogens is 234 g/mol. The standard InChI is InChI=1S/C12H13N3OS/c1-3-11(16)9-4-6-10(7-5-9)17-12-13-8-14-15(12)2/h4-8H,3H2,1-2H3. The quantitative estimate of drug-likeness (QED) is 0.779. The smallest absolute Gasteiger partial charge is 0.190 e. The molecular formula is C12H13N3OS. The Balaban J connectivity index is 2.14. The van der Waals surface area contributed by atoms with Gasteiger partial charge in [-0.25, -0.2) is 9.67 Å². The molecule has 0 fully saturated rings. The van der Waals surface area contributed by atoms with Gasteiger partial charge in [0.1, 0.15) is 6.33 Å². The van der Waals surface area contributed by atoms with Crippen LogP contribution in [-0.4, -0.2) is 20.5 Å². The number of carbonyl (C=O) groups is 1. The van der Waals surface area contributed by atoms with Crippen molar-refractivity contribution in [3.63, 3.8) is 0 Å². The largest absolute Gasteiger partial charge is 0.294 e. The van der Waals surface area contributed by atoms with Crippen molar-refractivity contribution in [3.05, 3.63) is 36.2 Å². The van der Waals surface area contributed by atoms with Gasteiger partial charge < -0.3 is 0 Å². The van der Waals surface area contributed by atoms with E-state index in [9.17, 15) is 4.79 Å². The molecule has 0 amide bonds. The Morgan fingerprint density at radius 3 is 2.59 bits per heavy atom. The van der Waals surface area contributed by atoms with E-state index in [0.29, 0.717) is 6.42 Å². The van der Waals surface area contributed by atoms with Crippen LogP contribution in [0.4, 0.5) is 0 Å². The average molecular weight is 247 g/mol. The van der Waals surface area contributed by atoms with Gasteiger partial charge in [-0.15, -0.1) is 0 Å². The predicted molar refractivity (Wildman–Crippen MR) is 66.2 cm³/mol. The van der Waals surface area contributed by atoms with Crippen LogP contribution in [-0.2, 0) is 7.05 Å². The van der Waals surface area contributed by atoms with E-state index < -0.39 is 0 Å². The molecule has 0 N–H and O–H groups in total. The zero-order valence-electron chi connectivity index (χ0n) is 9.75. The van der Waals surface area contributed by atoms with E-state index in [0.717, 1.165) is 15.6 Å². The van der Waals surface area contributed by atoms with E-state index in [1.54, 1.807) is 4.68 Å². The monoisotopic (exact) mass is 247 g/mol. The zero-order chi connectivity index (χ0) is 12.3. The van der Waals surface area contributed by atoms with Gasteiger partial charge in [0.15, 0.2) is 10.9 Å². The highest BCUT2D eigenvalue weighted by Gasteiger charge is 2.05. The minimum absolute atomic E-state index is 0.167. The molecule has 0 atom stereocenters. The molecule has 0 spiro atoms. The molecule has 0 aliphatic carbocycles. The maximum atomic E-state index is 11.5. The van der Waals surface area contributed by atoms with Crippen molar-refractivity contribution in [1.82, 2.24) is 14.8 Å². The summed E-state index contributed by atoms with van der Waals surface area (Å²) in [5, 5.41) is 4.84. The van der Waals surface area contributed by atoms with Crippen LogP contribution in [0.15, 0.2) is 40.6 Å². The first kappa shape index (κ1) is 11.9. The number of ketones is 1. The maximum absolute atomic E-state index is 11.5.